The predicted octanol–water partition coefficient (Wildman–Crippen LogP) is 1.10. The minimum atomic E-state index is -3.91. The van der Waals surface area contributed by atoms with Crippen molar-refractivity contribution < 1.29 is 13.3 Å². The van der Waals surface area contributed by atoms with Crippen LogP contribution in [-0.2, 0) is 23.6 Å². The zero-order chi connectivity index (χ0) is 15.8. The fraction of sp³-hybridized carbons (Fsp3) is 0.222. The monoisotopic (exact) mass is 351 g/mol. The summed E-state index contributed by atoms with van der Waals surface area (Å²) in [4.78, 5) is 9.93. The van der Waals surface area contributed by atoms with Crippen LogP contribution in [-0.4, -0.2) is 23.1 Å². The van der Waals surface area contributed by atoms with Gasteiger partial charge in [-0.1, -0.05) is 11.6 Å². The molecule has 0 spiro atoms. The lowest BCUT2D eigenvalue weighted by molar-refractivity contribution is -0.384. The SMILES string of the molecule is Cn1ncc(CNS(=O)(=O)c2cc([N+](=O)[O-])c(Cl)s2)c1N. The van der Waals surface area contributed by atoms with Crippen molar-refractivity contribution in [1.29, 1.82) is 0 Å². The molecule has 2 aromatic rings. The molecule has 0 aliphatic heterocycles. The van der Waals surface area contributed by atoms with Crippen molar-refractivity contribution in [2.24, 2.45) is 7.05 Å². The Morgan fingerprint density at radius 3 is 2.76 bits per heavy atom. The molecule has 0 aromatic carbocycles. The molecule has 2 heterocycles. The lowest BCUT2D eigenvalue weighted by Gasteiger charge is -2.03. The van der Waals surface area contributed by atoms with Crippen LogP contribution in [0.1, 0.15) is 5.56 Å². The molecule has 21 heavy (non-hydrogen) atoms. The number of nitro groups is 1. The maximum atomic E-state index is 12.1. The topological polar surface area (TPSA) is 133 Å². The normalized spacial score (nSPS) is 11.7. The fourth-order valence-corrected chi connectivity index (χ4v) is 4.18. The number of nitrogens with zero attached hydrogens (tertiary/aromatic N) is 3. The van der Waals surface area contributed by atoms with E-state index >= 15 is 0 Å². The third-order valence-electron chi connectivity index (χ3n) is 2.62. The number of rotatable bonds is 5. The highest BCUT2D eigenvalue weighted by Crippen LogP contribution is 2.36. The Bertz CT molecular complexity index is 797. The Morgan fingerprint density at radius 2 is 2.29 bits per heavy atom. The second-order valence-corrected chi connectivity index (χ2v) is 7.63. The van der Waals surface area contributed by atoms with Crippen LogP contribution in [0.5, 0.6) is 0 Å². The van der Waals surface area contributed by atoms with E-state index in [9.17, 15) is 18.5 Å². The van der Waals surface area contributed by atoms with E-state index < -0.39 is 20.6 Å². The smallest absolute Gasteiger partial charge is 0.300 e. The van der Waals surface area contributed by atoms with Gasteiger partial charge in [-0.3, -0.25) is 14.8 Å². The number of nitrogens with one attached hydrogen (secondary N) is 1. The molecular formula is C9H10ClN5O4S2. The van der Waals surface area contributed by atoms with Crippen molar-refractivity contribution in [3.8, 4) is 0 Å². The largest absolute Gasteiger partial charge is 0.384 e. The molecule has 9 nitrogen and oxygen atoms in total. The summed E-state index contributed by atoms with van der Waals surface area (Å²) in [5.74, 6) is 0.327. The van der Waals surface area contributed by atoms with Crippen molar-refractivity contribution in [3.05, 3.63) is 32.3 Å². The third-order valence-corrected chi connectivity index (χ3v) is 5.84. The van der Waals surface area contributed by atoms with Crippen LogP contribution >= 0.6 is 22.9 Å². The van der Waals surface area contributed by atoms with E-state index in [0.29, 0.717) is 22.7 Å². The number of hydrogen-bond donors (Lipinski definition) is 2. The molecule has 114 valence electrons. The Labute approximate surface area is 128 Å². The van der Waals surface area contributed by atoms with Gasteiger partial charge in [-0.2, -0.15) is 5.10 Å². The summed E-state index contributed by atoms with van der Waals surface area (Å²) >= 11 is 6.26. The molecule has 2 rings (SSSR count). The standard InChI is InChI=1S/C9H10ClN5O4S2/c1-14-9(11)5(3-12-14)4-13-21(18,19)7-2-6(15(16)17)8(10)20-7/h2-3,13H,4,11H2,1H3. The Kier molecular flexibility index (Phi) is 4.18. The first kappa shape index (κ1) is 15.7. The average Bonchev–Trinajstić information content (AvgIpc) is 2.93. The Balaban J connectivity index is 2.21. The van der Waals surface area contributed by atoms with Gasteiger partial charge in [-0.05, 0) is 0 Å². The maximum Gasteiger partial charge on any atom is 0.300 e. The number of thiophene rings is 1. The van der Waals surface area contributed by atoms with Crippen molar-refractivity contribution in [1.82, 2.24) is 14.5 Å². The van der Waals surface area contributed by atoms with Crippen LogP contribution < -0.4 is 10.5 Å². The lowest BCUT2D eigenvalue weighted by atomic mass is 10.3. The number of halogens is 1. The van der Waals surface area contributed by atoms with E-state index in [0.717, 1.165) is 6.07 Å². The maximum absolute atomic E-state index is 12.1. The van der Waals surface area contributed by atoms with Gasteiger partial charge in [0.15, 0.2) is 4.34 Å². The molecule has 0 bridgehead atoms. The van der Waals surface area contributed by atoms with Crippen molar-refractivity contribution >= 4 is 44.5 Å². The first-order chi connectivity index (χ1) is 9.72. The predicted molar refractivity (Wildman–Crippen MR) is 77.6 cm³/mol. The molecule has 0 unspecified atom stereocenters. The van der Waals surface area contributed by atoms with E-state index in [-0.39, 0.29) is 15.1 Å². The van der Waals surface area contributed by atoms with E-state index in [1.165, 1.54) is 10.9 Å². The van der Waals surface area contributed by atoms with Gasteiger partial charge in [-0.15, -0.1) is 11.3 Å². The van der Waals surface area contributed by atoms with Crippen molar-refractivity contribution in [2.45, 2.75) is 10.8 Å². The average molecular weight is 352 g/mol. The van der Waals surface area contributed by atoms with Gasteiger partial charge in [0.1, 0.15) is 10.0 Å². The highest BCUT2D eigenvalue weighted by atomic mass is 35.5. The molecule has 3 N–H and O–H groups in total. The van der Waals surface area contributed by atoms with Crippen LogP contribution in [0.15, 0.2) is 16.5 Å². The fourth-order valence-electron chi connectivity index (χ4n) is 1.47. The highest BCUT2D eigenvalue weighted by Gasteiger charge is 2.25. The molecule has 0 saturated heterocycles. The van der Waals surface area contributed by atoms with Crippen LogP contribution in [0.2, 0.25) is 4.34 Å². The quantitative estimate of drug-likeness (QED) is 0.612. The van der Waals surface area contributed by atoms with Crippen LogP contribution in [0.25, 0.3) is 0 Å². The van der Waals surface area contributed by atoms with Gasteiger partial charge in [-0.25, -0.2) is 13.1 Å². The zero-order valence-corrected chi connectivity index (χ0v) is 13.0. The summed E-state index contributed by atoms with van der Waals surface area (Å²) < 4.78 is 27.4. The van der Waals surface area contributed by atoms with Crippen LogP contribution in [0.4, 0.5) is 11.5 Å². The highest BCUT2D eigenvalue weighted by molar-refractivity contribution is 7.91. The summed E-state index contributed by atoms with van der Waals surface area (Å²) in [6, 6.07) is 0.919. The summed E-state index contributed by atoms with van der Waals surface area (Å²) in [5, 5.41) is 14.6. The number of aromatic nitrogens is 2. The Morgan fingerprint density at radius 1 is 1.62 bits per heavy atom. The number of sulfonamides is 1. The second-order valence-electron chi connectivity index (χ2n) is 3.98. The van der Waals surface area contributed by atoms with Gasteiger partial charge < -0.3 is 5.73 Å². The van der Waals surface area contributed by atoms with Crippen LogP contribution in [0, 0.1) is 10.1 Å². The van der Waals surface area contributed by atoms with E-state index in [1.807, 2.05) is 0 Å². The molecule has 0 aliphatic rings. The summed E-state index contributed by atoms with van der Waals surface area (Å²) in [7, 11) is -2.29. The molecule has 0 aliphatic carbocycles. The van der Waals surface area contributed by atoms with Gasteiger partial charge in [0.05, 0.1) is 11.1 Å². The molecule has 12 heteroatoms. The zero-order valence-electron chi connectivity index (χ0n) is 10.6. The number of aryl methyl sites for hydroxylation is 1. The first-order valence-corrected chi connectivity index (χ1v) is 8.10. The molecule has 0 atom stereocenters. The van der Waals surface area contributed by atoms with Gasteiger partial charge in [0.25, 0.3) is 15.7 Å². The molecular weight excluding hydrogens is 342 g/mol. The molecule has 0 radical (unpaired) electrons. The number of hydrogen-bond acceptors (Lipinski definition) is 7. The number of nitrogen functional groups attached to an aromatic ring is 1. The summed E-state index contributed by atoms with van der Waals surface area (Å²) in [5.41, 5.74) is 5.75. The second kappa shape index (κ2) is 5.60. The van der Waals surface area contributed by atoms with Crippen LogP contribution in [0.3, 0.4) is 0 Å². The van der Waals surface area contributed by atoms with Gasteiger partial charge in [0.2, 0.25) is 0 Å². The van der Waals surface area contributed by atoms with Gasteiger partial charge in [0, 0.05) is 25.2 Å². The first-order valence-electron chi connectivity index (χ1n) is 5.42. The summed E-state index contributed by atoms with van der Waals surface area (Å²) in [6.07, 6.45) is 1.43. The lowest BCUT2D eigenvalue weighted by Crippen LogP contribution is -2.22. The van der Waals surface area contributed by atoms with E-state index in [4.69, 9.17) is 17.3 Å². The van der Waals surface area contributed by atoms with Crippen molar-refractivity contribution in [2.75, 3.05) is 5.73 Å². The van der Waals surface area contributed by atoms with E-state index in [2.05, 4.69) is 9.82 Å². The number of anilines is 1. The minimum Gasteiger partial charge on any atom is -0.384 e. The molecule has 0 saturated carbocycles. The molecule has 0 fully saturated rings. The van der Waals surface area contributed by atoms with E-state index in [1.54, 1.807) is 7.05 Å². The number of nitrogens with two attached hydrogens (primary N) is 1. The third kappa shape index (κ3) is 3.15. The Hall–Kier alpha value is -1.69. The molecule has 2 aromatic heterocycles. The minimum absolute atomic E-state index is 0.0781. The summed E-state index contributed by atoms with van der Waals surface area (Å²) in [6.45, 7) is -0.0781. The molecule has 0 amide bonds. The van der Waals surface area contributed by atoms with Crippen molar-refractivity contribution in [3.63, 3.8) is 0 Å². The van der Waals surface area contributed by atoms with Gasteiger partial charge >= 0.3 is 0 Å².